The Morgan fingerprint density at radius 3 is 2.58 bits per heavy atom. The van der Waals surface area contributed by atoms with Crippen molar-refractivity contribution in [2.24, 2.45) is 0 Å². The molecule has 136 valence electrons. The number of imidazole rings is 1. The average molecular weight is 361 g/mol. The lowest BCUT2D eigenvalue weighted by molar-refractivity contribution is -0.137. The van der Waals surface area contributed by atoms with E-state index in [2.05, 4.69) is 10.3 Å². The molecule has 3 aromatic rings. The van der Waals surface area contributed by atoms with Gasteiger partial charge in [-0.3, -0.25) is 4.79 Å². The van der Waals surface area contributed by atoms with Gasteiger partial charge in [-0.25, -0.2) is 4.98 Å². The number of halogens is 3. The highest BCUT2D eigenvalue weighted by atomic mass is 19.4. The number of nitrogens with one attached hydrogen (secondary N) is 1. The first-order chi connectivity index (χ1) is 12.2. The number of hydrogen-bond acceptors (Lipinski definition) is 2. The molecule has 0 fully saturated rings. The van der Waals surface area contributed by atoms with Crippen molar-refractivity contribution in [1.82, 2.24) is 14.7 Å². The third-order valence-electron chi connectivity index (χ3n) is 4.26. The van der Waals surface area contributed by atoms with Crippen LogP contribution in [0.3, 0.4) is 0 Å². The topological polar surface area (TPSA) is 46.4 Å². The number of alkyl halides is 3. The summed E-state index contributed by atoms with van der Waals surface area (Å²) in [5.74, 6) is -0.184. The minimum atomic E-state index is -4.39. The quantitative estimate of drug-likeness (QED) is 0.765. The van der Waals surface area contributed by atoms with Crippen molar-refractivity contribution >= 4 is 11.6 Å². The number of hydrogen-bond donors (Lipinski definition) is 1. The maximum atomic E-state index is 12.7. The lowest BCUT2D eigenvalue weighted by Crippen LogP contribution is -2.25. The first-order valence-electron chi connectivity index (χ1n) is 8.14. The van der Waals surface area contributed by atoms with Crippen LogP contribution in [0, 0.1) is 13.8 Å². The number of rotatable bonds is 4. The summed E-state index contributed by atoms with van der Waals surface area (Å²) in [7, 11) is 0. The molecule has 4 nitrogen and oxygen atoms in total. The maximum absolute atomic E-state index is 12.7. The largest absolute Gasteiger partial charge is 0.417 e. The van der Waals surface area contributed by atoms with Gasteiger partial charge in [-0.2, -0.15) is 13.2 Å². The molecule has 2 aromatic heterocycles. The van der Waals surface area contributed by atoms with Gasteiger partial charge in [0.15, 0.2) is 0 Å². The number of carbonyl (C=O) groups excluding carboxylic acids is 1. The molecule has 0 saturated carbocycles. The van der Waals surface area contributed by atoms with Crippen LogP contribution in [-0.4, -0.2) is 21.8 Å². The average Bonchev–Trinajstić information content (AvgIpc) is 2.98. The molecule has 3 rings (SSSR count). The van der Waals surface area contributed by atoms with Gasteiger partial charge in [-0.15, -0.1) is 0 Å². The third-order valence-corrected chi connectivity index (χ3v) is 4.26. The number of aryl methyl sites for hydroxylation is 2. The van der Waals surface area contributed by atoms with Crippen LogP contribution in [0.2, 0.25) is 0 Å². The van der Waals surface area contributed by atoms with Crippen LogP contribution in [0.5, 0.6) is 0 Å². The van der Waals surface area contributed by atoms with E-state index in [-0.39, 0.29) is 5.91 Å². The fourth-order valence-corrected chi connectivity index (χ4v) is 2.62. The second-order valence-electron chi connectivity index (χ2n) is 6.22. The Labute approximate surface area is 148 Å². The number of nitrogens with zero attached hydrogens (tertiary/aromatic N) is 2. The van der Waals surface area contributed by atoms with E-state index in [1.807, 2.05) is 26.0 Å². The fourth-order valence-electron chi connectivity index (χ4n) is 2.62. The maximum Gasteiger partial charge on any atom is 0.417 e. The summed E-state index contributed by atoms with van der Waals surface area (Å²) in [6.07, 6.45) is -1.40. The summed E-state index contributed by atoms with van der Waals surface area (Å²) in [6.45, 7) is 4.27. The zero-order chi connectivity index (χ0) is 18.9. The van der Waals surface area contributed by atoms with Crippen molar-refractivity contribution in [3.05, 3.63) is 70.7 Å². The van der Waals surface area contributed by atoms with Gasteiger partial charge in [0.25, 0.3) is 5.91 Å². The van der Waals surface area contributed by atoms with Crippen LogP contribution in [0.1, 0.15) is 32.7 Å². The molecule has 0 aliphatic heterocycles. The van der Waals surface area contributed by atoms with Gasteiger partial charge in [0.2, 0.25) is 0 Å². The second kappa shape index (κ2) is 6.82. The lowest BCUT2D eigenvalue weighted by Gasteiger charge is -2.06. The Morgan fingerprint density at radius 2 is 1.88 bits per heavy atom. The minimum Gasteiger partial charge on any atom is -0.352 e. The van der Waals surface area contributed by atoms with Gasteiger partial charge < -0.3 is 9.72 Å². The van der Waals surface area contributed by atoms with Gasteiger partial charge in [-0.05, 0) is 49.2 Å². The molecule has 1 amide bonds. The monoisotopic (exact) mass is 361 g/mol. The van der Waals surface area contributed by atoms with Crippen molar-refractivity contribution in [3.8, 4) is 0 Å². The van der Waals surface area contributed by atoms with E-state index in [9.17, 15) is 18.0 Å². The smallest absolute Gasteiger partial charge is 0.352 e. The van der Waals surface area contributed by atoms with Crippen molar-refractivity contribution in [1.29, 1.82) is 0 Å². The SMILES string of the molecule is Cc1ccc(C(=O)NCCc2cn3cc(C(F)(F)F)ccc3n2)cc1C. The predicted octanol–water partition coefficient (Wildman–Crippen LogP) is 3.94. The summed E-state index contributed by atoms with van der Waals surface area (Å²) in [4.78, 5) is 16.4. The third kappa shape index (κ3) is 3.87. The van der Waals surface area contributed by atoms with E-state index in [1.165, 1.54) is 10.5 Å². The molecule has 0 aliphatic carbocycles. The van der Waals surface area contributed by atoms with Gasteiger partial charge in [0.1, 0.15) is 5.65 Å². The standard InChI is InChI=1S/C19H18F3N3O/c1-12-3-4-14(9-13(12)2)18(26)23-8-7-16-11-25-10-15(19(20,21)22)5-6-17(25)24-16/h3-6,9-11H,7-8H2,1-2H3,(H,23,26). The molecule has 26 heavy (non-hydrogen) atoms. The predicted molar refractivity (Wildman–Crippen MR) is 92.1 cm³/mol. The van der Waals surface area contributed by atoms with E-state index in [1.54, 1.807) is 12.3 Å². The Balaban J connectivity index is 1.64. The minimum absolute atomic E-state index is 0.184. The number of pyridine rings is 1. The molecule has 0 saturated heterocycles. The molecule has 0 radical (unpaired) electrons. The van der Waals surface area contributed by atoms with E-state index < -0.39 is 11.7 Å². The molecule has 0 bridgehead atoms. The molecule has 0 atom stereocenters. The van der Waals surface area contributed by atoms with Crippen LogP contribution in [0.25, 0.3) is 5.65 Å². The summed E-state index contributed by atoms with van der Waals surface area (Å²) < 4.78 is 39.6. The number of amides is 1. The molecule has 0 spiro atoms. The molecule has 0 aliphatic rings. The molecule has 2 heterocycles. The van der Waals surface area contributed by atoms with Crippen molar-refractivity contribution < 1.29 is 18.0 Å². The van der Waals surface area contributed by atoms with E-state index in [0.717, 1.165) is 23.4 Å². The summed E-state index contributed by atoms with van der Waals surface area (Å²) in [5, 5.41) is 2.81. The van der Waals surface area contributed by atoms with E-state index >= 15 is 0 Å². The van der Waals surface area contributed by atoms with Crippen LogP contribution in [0.4, 0.5) is 13.2 Å². The molecular weight excluding hydrogens is 343 g/mol. The van der Waals surface area contributed by atoms with Gasteiger partial charge >= 0.3 is 6.18 Å². The summed E-state index contributed by atoms with van der Waals surface area (Å²) in [6, 6.07) is 7.83. The van der Waals surface area contributed by atoms with Crippen LogP contribution in [0.15, 0.2) is 42.7 Å². The Morgan fingerprint density at radius 1 is 1.12 bits per heavy atom. The number of benzene rings is 1. The highest BCUT2D eigenvalue weighted by Gasteiger charge is 2.30. The zero-order valence-corrected chi connectivity index (χ0v) is 14.4. The first kappa shape index (κ1) is 18.0. The van der Waals surface area contributed by atoms with Crippen LogP contribution < -0.4 is 5.32 Å². The highest BCUT2D eigenvalue weighted by Crippen LogP contribution is 2.29. The van der Waals surface area contributed by atoms with E-state index in [0.29, 0.717) is 29.9 Å². The molecule has 0 unspecified atom stereocenters. The van der Waals surface area contributed by atoms with Crippen molar-refractivity contribution in [2.45, 2.75) is 26.4 Å². The fraction of sp³-hybridized carbons (Fsp3) is 0.263. The first-order valence-corrected chi connectivity index (χ1v) is 8.14. The Hall–Kier alpha value is -2.83. The van der Waals surface area contributed by atoms with Crippen LogP contribution >= 0.6 is 0 Å². The molecule has 1 aromatic carbocycles. The van der Waals surface area contributed by atoms with Crippen molar-refractivity contribution in [2.75, 3.05) is 6.54 Å². The summed E-state index contributed by atoms with van der Waals surface area (Å²) >= 11 is 0. The Kier molecular flexibility index (Phi) is 4.71. The lowest BCUT2D eigenvalue weighted by atomic mass is 10.1. The molecular formula is C19H18F3N3O. The number of carbonyl (C=O) groups is 1. The summed E-state index contributed by atoms with van der Waals surface area (Å²) in [5.41, 5.74) is 3.07. The zero-order valence-electron chi connectivity index (χ0n) is 14.4. The highest BCUT2D eigenvalue weighted by molar-refractivity contribution is 5.94. The molecule has 1 N–H and O–H groups in total. The van der Waals surface area contributed by atoms with Crippen LogP contribution in [-0.2, 0) is 12.6 Å². The van der Waals surface area contributed by atoms with E-state index in [4.69, 9.17) is 0 Å². The van der Waals surface area contributed by atoms with Gasteiger partial charge in [0, 0.05) is 30.9 Å². The second-order valence-corrected chi connectivity index (χ2v) is 6.22. The van der Waals surface area contributed by atoms with Crippen molar-refractivity contribution in [3.63, 3.8) is 0 Å². The van der Waals surface area contributed by atoms with Gasteiger partial charge in [-0.1, -0.05) is 6.07 Å². The number of aromatic nitrogens is 2. The number of fused-ring (bicyclic) bond motifs is 1. The molecule has 7 heteroatoms. The van der Waals surface area contributed by atoms with Gasteiger partial charge in [0.05, 0.1) is 11.3 Å². The Bertz CT molecular complexity index is 960. The normalized spacial score (nSPS) is 11.7.